The van der Waals surface area contributed by atoms with Gasteiger partial charge in [0.15, 0.2) is 5.78 Å². The molecule has 0 saturated carbocycles. The number of anilines is 1. The molecule has 2 aromatic carbocycles. The molecule has 0 radical (unpaired) electrons. The smallest absolute Gasteiger partial charge is 0.294 e. The van der Waals surface area contributed by atoms with E-state index < -0.39 is 4.92 Å². The lowest BCUT2D eigenvalue weighted by atomic mass is 9.77. The van der Waals surface area contributed by atoms with Crippen molar-refractivity contribution in [1.82, 2.24) is 0 Å². The van der Waals surface area contributed by atoms with Gasteiger partial charge in [-0.15, -0.1) is 0 Å². The number of amides is 1. The number of hydrogen-bond acceptors (Lipinski definition) is 4. The van der Waals surface area contributed by atoms with Crippen LogP contribution in [0.15, 0.2) is 53.7 Å². The van der Waals surface area contributed by atoms with E-state index in [0.29, 0.717) is 30.5 Å². The number of nitrogens with zero attached hydrogens (tertiary/aromatic N) is 2. The van der Waals surface area contributed by atoms with Crippen LogP contribution in [0, 0.1) is 17.0 Å². The van der Waals surface area contributed by atoms with Gasteiger partial charge in [0, 0.05) is 41.1 Å². The van der Waals surface area contributed by atoms with Gasteiger partial charge < -0.3 is 0 Å². The molecule has 2 aromatic rings. The first kappa shape index (κ1) is 19.3. The van der Waals surface area contributed by atoms with Crippen molar-refractivity contribution in [3.8, 4) is 0 Å². The third kappa shape index (κ3) is 3.44. The summed E-state index contributed by atoms with van der Waals surface area (Å²) in [4.78, 5) is 38.5. The Morgan fingerprint density at radius 1 is 1.10 bits per heavy atom. The molecule has 7 heteroatoms. The number of hydrogen-bond donors (Lipinski definition) is 0. The Labute approximate surface area is 172 Å². The molecule has 4 rings (SSSR count). The van der Waals surface area contributed by atoms with Crippen LogP contribution in [0.3, 0.4) is 0 Å². The highest BCUT2D eigenvalue weighted by atomic mass is 35.5. The monoisotopic (exact) mass is 410 g/mol. The molecule has 0 N–H and O–H groups in total. The van der Waals surface area contributed by atoms with Crippen LogP contribution in [0.2, 0.25) is 5.02 Å². The summed E-state index contributed by atoms with van der Waals surface area (Å²) in [5.41, 5.74) is 3.10. The highest BCUT2D eigenvalue weighted by Gasteiger charge is 2.41. The maximum Gasteiger partial charge on any atom is 0.294 e. The average Bonchev–Trinajstić information content (AvgIpc) is 2.68. The van der Waals surface area contributed by atoms with E-state index in [1.807, 2.05) is 31.2 Å². The molecule has 1 unspecified atom stereocenters. The third-order valence-corrected chi connectivity index (χ3v) is 5.77. The molecular formula is C22H19ClN2O4. The SMILES string of the molecule is Cc1ccc(C2CC(=O)N(c3ccc(Cl)cc3[N+](=O)[O-])C3=C2C(=O)CCC3)cc1. The topological polar surface area (TPSA) is 80.5 Å². The summed E-state index contributed by atoms with van der Waals surface area (Å²) in [7, 11) is 0. The Kier molecular flexibility index (Phi) is 4.96. The molecule has 2 aliphatic rings. The molecule has 0 spiro atoms. The minimum Gasteiger partial charge on any atom is -0.294 e. The third-order valence-electron chi connectivity index (χ3n) is 5.53. The second kappa shape index (κ2) is 7.44. The summed E-state index contributed by atoms with van der Waals surface area (Å²) in [5, 5.41) is 11.8. The van der Waals surface area contributed by atoms with E-state index in [0.717, 1.165) is 11.1 Å². The zero-order chi connectivity index (χ0) is 20.7. The quantitative estimate of drug-likeness (QED) is 0.521. The summed E-state index contributed by atoms with van der Waals surface area (Å²) in [5.74, 6) is -0.575. The number of benzene rings is 2. The minimum absolute atomic E-state index is 0.00550. The molecular weight excluding hydrogens is 392 g/mol. The van der Waals surface area contributed by atoms with Crippen molar-refractivity contribution in [3.05, 3.63) is 80.0 Å². The number of rotatable bonds is 3. The van der Waals surface area contributed by atoms with Crippen molar-refractivity contribution in [1.29, 1.82) is 0 Å². The number of carbonyl (C=O) groups excluding carboxylic acids is 2. The van der Waals surface area contributed by atoms with Gasteiger partial charge in [-0.3, -0.25) is 24.6 Å². The Hall–Kier alpha value is -2.99. The second-order valence-electron chi connectivity index (χ2n) is 7.42. The Bertz CT molecular complexity index is 1060. The maximum atomic E-state index is 13.2. The number of aryl methyl sites for hydroxylation is 1. The van der Waals surface area contributed by atoms with Crippen molar-refractivity contribution in [3.63, 3.8) is 0 Å². The number of nitro benzene ring substituents is 1. The van der Waals surface area contributed by atoms with Gasteiger partial charge in [-0.2, -0.15) is 0 Å². The molecule has 1 aliphatic heterocycles. The Morgan fingerprint density at radius 2 is 1.83 bits per heavy atom. The predicted octanol–water partition coefficient (Wildman–Crippen LogP) is 5.08. The Balaban J connectivity index is 1.90. The highest BCUT2D eigenvalue weighted by Crippen LogP contribution is 2.45. The van der Waals surface area contributed by atoms with Crippen molar-refractivity contribution < 1.29 is 14.5 Å². The lowest BCUT2D eigenvalue weighted by Crippen LogP contribution is -2.40. The van der Waals surface area contributed by atoms with Gasteiger partial charge in [-0.25, -0.2) is 0 Å². The summed E-state index contributed by atoms with van der Waals surface area (Å²) in [6.45, 7) is 1.98. The molecule has 29 heavy (non-hydrogen) atoms. The van der Waals surface area contributed by atoms with E-state index in [-0.39, 0.29) is 40.4 Å². The van der Waals surface area contributed by atoms with Gasteiger partial charge in [0.2, 0.25) is 5.91 Å². The number of Topliss-reactive ketones (excluding diaryl/α,β-unsaturated/α-hetero) is 1. The van der Waals surface area contributed by atoms with E-state index in [2.05, 4.69) is 0 Å². The van der Waals surface area contributed by atoms with Crippen LogP contribution in [0.25, 0.3) is 0 Å². The van der Waals surface area contributed by atoms with Crippen LogP contribution >= 0.6 is 11.6 Å². The maximum absolute atomic E-state index is 13.2. The lowest BCUT2D eigenvalue weighted by Gasteiger charge is -2.38. The Morgan fingerprint density at radius 3 is 2.52 bits per heavy atom. The van der Waals surface area contributed by atoms with Crippen molar-refractivity contribution >= 4 is 34.7 Å². The van der Waals surface area contributed by atoms with Crippen LogP contribution in [0.4, 0.5) is 11.4 Å². The molecule has 0 saturated heterocycles. The standard InChI is InChI=1S/C22H19ClN2O4/c1-13-5-7-14(8-6-13)16-12-21(27)24(18-3-2-4-20(26)22(16)18)17-10-9-15(23)11-19(17)25(28)29/h5-11,16H,2-4,12H2,1H3. The van der Waals surface area contributed by atoms with Gasteiger partial charge in [-0.05, 0) is 37.5 Å². The number of halogens is 1. The van der Waals surface area contributed by atoms with Gasteiger partial charge in [-0.1, -0.05) is 41.4 Å². The molecule has 148 valence electrons. The average molecular weight is 411 g/mol. The molecule has 1 amide bonds. The van der Waals surface area contributed by atoms with Crippen molar-refractivity contribution in [2.24, 2.45) is 0 Å². The van der Waals surface area contributed by atoms with E-state index in [1.54, 1.807) is 0 Å². The fourth-order valence-corrected chi connectivity index (χ4v) is 4.35. The number of ketones is 1. The van der Waals surface area contributed by atoms with Crippen molar-refractivity contribution in [2.45, 2.75) is 38.5 Å². The van der Waals surface area contributed by atoms with E-state index in [9.17, 15) is 19.7 Å². The molecule has 1 heterocycles. The number of nitro groups is 1. The van der Waals surface area contributed by atoms with Crippen LogP contribution in [-0.4, -0.2) is 16.6 Å². The van der Waals surface area contributed by atoms with Gasteiger partial charge in [0.05, 0.1) is 4.92 Å². The fraction of sp³-hybridized carbons (Fsp3) is 0.273. The number of allylic oxidation sites excluding steroid dienone is 2. The fourth-order valence-electron chi connectivity index (χ4n) is 4.19. The van der Waals surface area contributed by atoms with Gasteiger partial charge in [0.25, 0.3) is 5.69 Å². The largest absolute Gasteiger partial charge is 0.294 e. The minimum atomic E-state index is -0.550. The zero-order valence-electron chi connectivity index (χ0n) is 15.9. The van der Waals surface area contributed by atoms with E-state index in [1.165, 1.54) is 23.1 Å². The first-order chi connectivity index (χ1) is 13.9. The van der Waals surface area contributed by atoms with E-state index >= 15 is 0 Å². The first-order valence-electron chi connectivity index (χ1n) is 9.46. The summed E-state index contributed by atoms with van der Waals surface area (Å²) < 4.78 is 0. The van der Waals surface area contributed by atoms with Gasteiger partial charge >= 0.3 is 0 Å². The van der Waals surface area contributed by atoms with Crippen LogP contribution in [-0.2, 0) is 9.59 Å². The van der Waals surface area contributed by atoms with Crippen LogP contribution in [0.1, 0.15) is 42.7 Å². The molecule has 0 bridgehead atoms. The van der Waals surface area contributed by atoms with Crippen molar-refractivity contribution in [2.75, 3.05) is 4.90 Å². The summed E-state index contributed by atoms with van der Waals surface area (Å²) in [6.07, 6.45) is 1.65. The number of carbonyl (C=O) groups is 2. The highest BCUT2D eigenvalue weighted by molar-refractivity contribution is 6.31. The van der Waals surface area contributed by atoms with E-state index in [4.69, 9.17) is 11.6 Å². The lowest BCUT2D eigenvalue weighted by molar-refractivity contribution is -0.384. The zero-order valence-corrected chi connectivity index (χ0v) is 16.6. The molecule has 1 aliphatic carbocycles. The van der Waals surface area contributed by atoms with Gasteiger partial charge in [0.1, 0.15) is 5.69 Å². The summed E-state index contributed by atoms with van der Waals surface area (Å²) in [6, 6.07) is 12.1. The molecule has 0 fully saturated rings. The molecule has 6 nitrogen and oxygen atoms in total. The second-order valence-corrected chi connectivity index (χ2v) is 7.86. The molecule has 1 atom stereocenters. The van der Waals surface area contributed by atoms with Crippen LogP contribution in [0.5, 0.6) is 0 Å². The van der Waals surface area contributed by atoms with Crippen LogP contribution < -0.4 is 4.90 Å². The summed E-state index contributed by atoms with van der Waals surface area (Å²) >= 11 is 5.94. The molecule has 0 aromatic heterocycles. The normalized spacial score (nSPS) is 19.4. The first-order valence-corrected chi connectivity index (χ1v) is 9.84. The predicted molar refractivity (Wildman–Crippen MR) is 110 cm³/mol.